The molecule has 2 rings (SSSR count). The van der Waals surface area contributed by atoms with E-state index in [1.807, 2.05) is 38.1 Å². The number of nitrogens with zero attached hydrogens (tertiary/aromatic N) is 1. The number of hydrogen-bond acceptors (Lipinski definition) is 7. The molecule has 1 aliphatic rings. The van der Waals surface area contributed by atoms with Crippen molar-refractivity contribution >= 4 is 11.6 Å². The average molecular weight is 438 g/mol. The van der Waals surface area contributed by atoms with Crippen LogP contribution in [0.3, 0.4) is 0 Å². The number of aryl methyl sites for hydroxylation is 1. The quantitative estimate of drug-likeness (QED) is 0.742. The van der Waals surface area contributed by atoms with Gasteiger partial charge in [0.1, 0.15) is 0 Å². The molecule has 0 saturated carbocycles. The highest BCUT2D eigenvalue weighted by molar-refractivity contribution is 5.95. The smallest absolute Gasteiger partial charge is 0.241 e. The molecule has 0 bridgehead atoms. The SMILES string of the molecule is CC[C@H](C(=O)Nc1ccccc1C)N1CCOCCOCCNCCOCCOCC1. The first-order valence-corrected chi connectivity index (χ1v) is 11.3. The molecule has 1 amide bonds. The summed E-state index contributed by atoms with van der Waals surface area (Å²) in [5.74, 6) is -0.00175. The van der Waals surface area contributed by atoms with Gasteiger partial charge in [0, 0.05) is 31.9 Å². The summed E-state index contributed by atoms with van der Waals surface area (Å²) >= 11 is 0. The first-order chi connectivity index (χ1) is 15.2. The summed E-state index contributed by atoms with van der Waals surface area (Å²) in [6.07, 6.45) is 0.705. The van der Waals surface area contributed by atoms with Crippen molar-refractivity contribution < 1.29 is 23.7 Å². The van der Waals surface area contributed by atoms with Gasteiger partial charge in [-0.2, -0.15) is 0 Å². The van der Waals surface area contributed by atoms with Crippen molar-refractivity contribution in [2.75, 3.05) is 84.4 Å². The summed E-state index contributed by atoms with van der Waals surface area (Å²) in [7, 11) is 0. The number of nitrogens with one attached hydrogen (secondary N) is 2. The molecule has 8 heteroatoms. The molecule has 0 unspecified atom stereocenters. The molecule has 1 fully saturated rings. The van der Waals surface area contributed by atoms with Crippen molar-refractivity contribution in [2.24, 2.45) is 0 Å². The Morgan fingerprint density at radius 1 is 0.935 bits per heavy atom. The van der Waals surface area contributed by atoms with Gasteiger partial charge in [-0.1, -0.05) is 25.1 Å². The van der Waals surface area contributed by atoms with E-state index in [1.54, 1.807) is 0 Å². The summed E-state index contributed by atoms with van der Waals surface area (Å²) in [4.78, 5) is 15.2. The van der Waals surface area contributed by atoms with Gasteiger partial charge in [-0.25, -0.2) is 0 Å². The third-order valence-corrected chi connectivity index (χ3v) is 5.17. The lowest BCUT2D eigenvalue weighted by atomic mass is 10.1. The second-order valence-electron chi connectivity index (χ2n) is 7.46. The highest BCUT2D eigenvalue weighted by atomic mass is 16.5. The average Bonchev–Trinajstić information content (AvgIpc) is 2.77. The van der Waals surface area contributed by atoms with Gasteiger partial charge in [0.15, 0.2) is 0 Å². The molecule has 2 N–H and O–H groups in total. The van der Waals surface area contributed by atoms with E-state index < -0.39 is 0 Å². The summed E-state index contributed by atoms with van der Waals surface area (Å²) in [5, 5.41) is 6.35. The third kappa shape index (κ3) is 10.5. The molecular formula is C23H39N3O5. The largest absolute Gasteiger partial charge is 0.378 e. The molecule has 0 aliphatic carbocycles. The maximum atomic E-state index is 13.0. The highest BCUT2D eigenvalue weighted by Gasteiger charge is 2.24. The second kappa shape index (κ2) is 16.1. The standard InChI is InChI=1S/C23H39N3O5/c1-3-22(23(27)25-21-7-5-4-6-20(21)2)26-10-14-30-18-16-28-12-8-24-9-13-29-17-19-31-15-11-26/h4-7,22,24H,3,8-19H2,1-2H3,(H,25,27)/t22-/m1/s1. The van der Waals surface area contributed by atoms with Gasteiger partial charge in [0.05, 0.1) is 58.9 Å². The number of carbonyl (C=O) groups excluding carboxylic acids is 1. The van der Waals surface area contributed by atoms with E-state index in [-0.39, 0.29) is 11.9 Å². The van der Waals surface area contributed by atoms with E-state index in [9.17, 15) is 4.79 Å². The Morgan fingerprint density at radius 2 is 1.48 bits per heavy atom. The fraction of sp³-hybridized carbons (Fsp3) is 0.696. The topological polar surface area (TPSA) is 81.3 Å². The summed E-state index contributed by atoms with van der Waals surface area (Å²) in [5.41, 5.74) is 1.90. The van der Waals surface area contributed by atoms with Crippen molar-refractivity contribution in [3.63, 3.8) is 0 Å². The van der Waals surface area contributed by atoms with E-state index >= 15 is 0 Å². The first kappa shape index (κ1) is 25.7. The Bertz CT molecular complexity index is 599. The predicted molar refractivity (Wildman–Crippen MR) is 122 cm³/mol. The Hall–Kier alpha value is -1.55. The number of carbonyl (C=O) groups is 1. The predicted octanol–water partition coefficient (Wildman–Crippen LogP) is 1.68. The van der Waals surface area contributed by atoms with Crippen molar-refractivity contribution in [2.45, 2.75) is 26.3 Å². The van der Waals surface area contributed by atoms with Crippen LogP contribution in [0.25, 0.3) is 0 Å². The van der Waals surface area contributed by atoms with Crippen LogP contribution < -0.4 is 10.6 Å². The maximum Gasteiger partial charge on any atom is 0.241 e. The fourth-order valence-electron chi connectivity index (χ4n) is 3.38. The molecule has 31 heavy (non-hydrogen) atoms. The lowest BCUT2D eigenvalue weighted by Gasteiger charge is -2.30. The number of para-hydroxylation sites is 1. The van der Waals surface area contributed by atoms with Crippen LogP contribution in [0.1, 0.15) is 18.9 Å². The molecule has 1 atom stereocenters. The minimum atomic E-state index is -0.254. The van der Waals surface area contributed by atoms with Gasteiger partial charge in [-0.05, 0) is 25.0 Å². The molecule has 1 saturated heterocycles. The number of benzene rings is 1. The number of anilines is 1. The van der Waals surface area contributed by atoms with Crippen LogP contribution >= 0.6 is 0 Å². The summed E-state index contributed by atoms with van der Waals surface area (Å²) in [6.45, 7) is 11.5. The van der Waals surface area contributed by atoms with Crippen LogP contribution in [0.5, 0.6) is 0 Å². The zero-order valence-electron chi connectivity index (χ0n) is 19.1. The van der Waals surface area contributed by atoms with E-state index in [2.05, 4.69) is 15.5 Å². The molecule has 1 aliphatic heterocycles. The van der Waals surface area contributed by atoms with Crippen LogP contribution in [0.15, 0.2) is 24.3 Å². The van der Waals surface area contributed by atoms with Crippen molar-refractivity contribution in [1.29, 1.82) is 0 Å². The molecular weight excluding hydrogens is 398 g/mol. The van der Waals surface area contributed by atoms with E-state index in [4.69, 9.17) is 18.9 Å². The monoisotopic (exact) mass is 437 g/mol. The Morgan fingerprint density at radius 3 is 2.03 bits per heavy atom. The zero-order valence-corrected chi connectivity index (χ0v) is 19.1. The highest BCUT2D eigenvalue weighted by Crippen LogP contribution is 2.15. The van der Waals surface area contributed by atoms with E-state index in [0.717, 1.165) is 24.3 Å². The maximum absolute atomic E-state index is 13.0. The Labute approximate surface area is 186 Å². The van der Waals surface area contributed by atoms with Crippen LogP contribution in [-0.2, 0) is 23.7 Å². The molecule has 0 spiro atoms. The minimum Gasteiger partial charge on any atom is -0.378 e. The molecule has 0 aromatic heterocycles. The molecule has 1 heterocycles. The number of hydrogen-bond donors (Lipinski definition) is 2. The summed E-state index contributed by atoms with van der Waals surface area (Å²) in [6, 6.07) is 7.57. The van der Waals surface area contributed by atoms with Crippen molar-refractivity contribution in [3.05, 3.63) is 29.8 Å². The number of ether oxygens (including phenoxy) is 4. The van der Waals surface area contributed by atoms with E-state index in [0.29, 0.717) is 72.4 Å². The van der Waals surface area contributed by atoms with Crippen molar-refractivity contribution in [3.8, 4) is 0 Å². The van der Waals surface area contributed by atoms with Crippen LogP contribution in [0.4, 0.5) is 5.69 Å². The van der Waals surface area contributed by atoms with Crippen LogP contribution in [0, 0.1) is 6.92 Å². The third-order valence-electron chi connectivity index (χ3n) is 5.17. The molecule has 8 nitrogen and oxygen atoms in total. The van der Waals surface area contributed by atoms with Crippen LogP contribution in [-0.4, -0.2) is 95.9 Å². The zero-order chi connectivity index (χ0) is 22.2. The van der Waals surface area contributed by atoms with Gasteiger partial charge in [-0.3, -0.25) is 9.69 Å². The lowest BCUT2D eigenvalue weighted by Crippen LogP contribution is -2.46. The Balaban J connectivity index is 1.91. The molecule has 1 aromatic carbocycles. The molecule has 1 aromatic rings. The molecule has 176 valence electrons. The number of amides is 1. The van der Waals surface area contributed by atoms with Crippen LogP contribution in [0.2, 0.25) is 0 Å². The van der Waals surface area contributed by atoms with Gasteiger partial charge in [0.2, 0.25) is 5.91 Å². The lowest BCUT2D eigenvalue weighted by molar-refractivity contribution is -0.122. The Kier molecular flexibility index (Phi) is 13.4. The second-order valence-corrected chi connectivity index (χ2v) is 7.46. The van der Waals surface area contributed by atoms with Gasteiger partial charge in [-0.15, -0.1) is 0 Å². The van der Waals surface area contributed by atoms with E-state index in [1.165, 1.54) is 0 Å². The molecule has 0 radical (unpaired) electrons. The normalized spacial score (nSPS) is 20.3. The fourth-order valence-corrected chi connectivity index (χ4v) is 3.38. The summed E-state index contributed by atoms with van der Waals surface area (Å²) < 4.78 is 22.6. The van der Waals surface area contributed by atoms with Gasteiger partial charge < -0.3 is 29.6 Å². The minimum absolute atomic E-state index is 0.00175. The van der Waals surface area contributed by atoms with Gasteiger partial charge >= 0.3 is 0 Å². The first-order valence-electron chi connectivity index (χ1n) is 11.3. The van der Waals surface area contributed by atoms with Crippen molar-refractivity contribution in [1.82, 2.24) is 10.2 Å². The number of rotatable bonds is 4. The van der Waals surface area contributed by atoms with Gasteiger partial charge in [0.25, 0.3) is 0 Å².